The molecule has 0 unspecified atom stereocenters. The van der Waals surface area contributed by atoms with Gasteiger partial charge in [0.15, 0.2) is 5.43 Å². The summed E-state index contributed by atoms with van der Waals surface area (Å²) in [4.78, 5) is 14.5. The molecule has 0 N–H and O–H groups in total. The third-order valence-corrected chi connectivity index (χ3v) is 4.97. The summed E-state index contributed by atoms with van der Waals surface area (Å²) in [6.07, 6.45) is 2.90. The Bertz CT molecular complexity index is 1000. The zero-order chi connectivity index (χ0) is 18.5. The van der Waals surface area contributed by atoms with Gasteiger partial charge in [0.05, 0.1) is 23.8 Å². The van der Waals surface area contributed by atoms with Crippen LogP contribution in [0.25, 0.3) is 10.9 Å². The number of para-hydroxylation sites is 1. The van der Waals surface area contributed by atoms with Gasteiger partial charge >= 0.3 is 0 Å². The molecule has 0 aliphatic rings. The van der Waals surface area contributed by atoms with Crippen molar-refractivity contribution in [3.05, 3.63) is 80.6 Å². The molecule has 0 saturated heterocycles. The molecule has 0 amide bonds. The molecule has 4 nitrogen and oxygen atoms in total. The number of nitriles is 1. The van der Waals surface area contributed by atoms with Crippen molar-refractivity contribution in [1.29, 1.82) is 5.26 Å². The van der Waals surface area contributed by atoms with E-state index in [1.807, 2.05) is 48.7 Å². The zero-order valence-electron chi connectivity index (χ0n) is 14.7. The topological polar surface area (TPSA) is 49.0 Å². The van der Waals surface area contributed by atoms with Crippen LogP contribution < -0.4 is 5.43 Å². The molecule has 3 rings (SSSR count). The molecule has 0 fully saturated rings. The van der Waals surface area contributed by atoms with Gasteiger partial charge in [-0.3, -0.25) is 9.69 Å². The number of nitrogens with zero attached hydrogens (tertiary/aromatic N) is 3. The van der Waals surface area contributed by atoms with E-state index in [1.54, 1.807) is 6.07 Å². The molecule has 1 heterocycles. The van der Waals surface area contributed by atoms with Crippen LogP contribution in [0.3, 0.4) is 0 Å². The standard InChI is InChI=1S/C21H20BrN3O/c1-2-11-24(14-17-8-6-16(13-23)7-9-17)15-25-12-10-20(26)18-4-3-5-19(22)21(18)25/h3-10,12H,2,11,14-15H2,1H3. The highest BCUT2D eigenvalue weighted by Gasteiger charge is 2.11. The first kappa shape index (κ1) is 18.4. The molecular formula is C21H20BrN3O. The van der Waals surface area contributed by atoms with Gasteiger partial charge in [-0.1, -0.05) is 25.1 Å². The Morgan fingerprint density at radius 1 is 1.15 bits per heavy atom. The highest BCUT2D eigenvalue weighted by Crippen LogP contribution is 2.22. The molecule has 26 heavy (non-hydrogen) atoms. The minimum atomic E-state index is 0.0340. The Balaban J connectivity index is 1.91. The van der Waals surface area contributed by atoms with Crippen molar-refractivity contribution in [3.63, 3.8) is 0 Å². The van der Waals surface area contributed by atoms with E-state index < -0.39 is 0 Å². The summed E-state index contributed by atoms with van der Waals surface area (Å²) >= 11 is 3.58. The van der Waals surface area contributed by atoms with Crippen LogP contribution in [-0.2, 0) is 13.2 Å². The van der Waals surface area contributed by atoms with Gasteiger partial charge in [-0.25, -0.2) is 0 Å². The molecule has 0 aliphatic heterocycles. The lowest BCUT2D eigenvalue weighted by atomic mass is 10.1. The van der Waals surface area contributed by atoms with Crippen molar-refractivity contribution in [2.45, 2.75) is 26.6 Å². The number of fused-ring (bicyclic) bond motifs is 1. The van der Waals surface area contributed by atoms with Crippen LogP contribution in [0, 0.1) is 11.3 Å². The van der Waals surface area contributed by atoms with Gasteiger partial charge in [-0.2, -0.15) is 5.26 Å². The van der Waals surface area contributed by atoms with Gasteiger partial charge in [0.25, 0.3) is 0 Å². The number of rotatable bonds is 6. The van der Waals surface area contributed by atoms with E-state index in [2.05, 4.69) is 38.4 Å². The highest BCUT2D eigenvalue weighted by atomic mass is 79.9. The Morgan fingerprint density at radius 2 is 1.92 bits per heavy atom. The van der Waals surface area contributed by atoms with Gasteiger partial charge in [-0.15, -0.1) is 0 Å². The third-order valence-electron chi connectivity index (χ3n) is 4.33. The molecule has 0 aliphatic carbocycles. The first-order valence-corrected chi connectivity index (χ1v) is 9.40. The summed E-state index contributed by atoms with van der Waals surface area (Å²) in [6.45, 7) is 4.58. The van der Waals surface area contributed by atoms with Gasteiger partial charge in [0.2, 0.25) is 0 Å². The van der Waals surface area contributed by atoms with E-state index >= 15 is 0 Å². The normalized spacial score (nSPS) is 11.0. The fraction of sp³-hybridized carbons (Fsp3) is 0.238. The predicted octanol–water partition coefficient (Wildman–Crippen LogP) is 4.51. The van der Waals surface area contributed by atoms with Crippen molar-refractivity contribution in [3.8, 4) is 6.07 Å². The van der Waals surface area contributed by atoms with Crippen molar-refractivity contribution in [1.82, 2.24) is 9.47 Å². The van der Waals surface area contributed by atoms with Crippen LogP contribution >= 0.6 is 15.9 Å². The Kier molecular flexibility index (Phi) is 5.87. The summed E-state index contributed by atoms with van der Waals surface area (Å²) < 4.78 is 3.03. The van der Waals surface area contributed by atoms with E-state index in [4.69, 9.17) is 5.26 Å². The Hall–Kier alpha value is -2.42. The van der Waals surface area contributed by atoms with Crippen molar-refractivity contribution in [2.24, 2.45) is 0 Å². The Labute approximate surface area is 161 Å². The average Bonchev–Trinajstić information content (AvgIpc) is 2.65. The fourth-order valence-electron chi connectivity index (χ4n) is 3.12. The fourth-order valence-corrected chi connectivity index (χ4v) is 3.71. The zero-order valence-corrected chi connectivity index (χ0v) is 16.2. The number of benzene rings is 2. The van der Waals surface area contributed by atoms with Crippen molar-refractivity contribution < 1.29 is 0 Å². The molecule has 0 saturated carbocycles. The lowest BCUT2D eigenvalue weighted by Gasteiger charge is -2.24. The number of aromatic nitrogens is 1. The quantitative estimate of drug-likeness (QED) is 0.601. The van der Waals surface area contributed by atoms with Crippen LogP contribution in [0.4, 0.5) is 0 Å². The lowest BCUT2D eigenvalue weighted by molar-refractivity contribution is 0.212. The molecule has 0 radical (unpaired) electrons. The van der Waals surface area contributed by atoms with Gasteiger partial charge < -0.3 is 4.57 Å². The van der Waals surface area contributed by atoms with Crippen LogP contribution in [0.1, 0.15) is 24.5 Å². The molecule has 1 aromatic heterocycles. The monoisotopic (exact) mass is 409 g/mol. The molecule has 0 atom stereocenters. The second kappa shape index (κ2) is 8.31. The average molecular weight is 410 g/mol. The molecular weight excluding hydrogens is 390 g/mol. The van der Waals surface area contributed by atoms with E-state index in [0.29, 0.717) is 12.2 Å². The van der Waals surface area contributed by atoms with E-state index in [1.165, 1.54) is 5.56 Å². The maximum Gasteiger partial charge on any atom is 0.189 e. The molecule has 2 aromatic carbocycles. The van der Waals surface area contributed by atoms with Crippen LogP contribution in [0.15, 0.2) is 64.0 Å². The van der Waals surface area contributed by atoms with Gasteiger partial charge in [0.1, 0.15) is 0 Å². The summed E-state index contributed by atoms with van der Waals surface area (Å²) in [7, 11) is 0. The van der Waals surface area contributed by atoms with Crippen LogP contribution in [-0.4, -0.2) is 16.0 Å². The SMILES string of the molecule is CCCN(Cc1ccc(C#N)cc1)Cn1ccc(=O)c2cccc(Br)c21. The summed E-state index contributed by atoms with van der Waals surface area (Å²) in [5.74, 6) is 0. The number of halogens is 1. The lowest BCUT2D eigenvalue weighted by Crippen LogP contribution is -2.27. The summed E-state index contributed by atoms with van der Waals surface area (Å²) in [5, 5.41) is 9.66. The van der Waals surface area contributed by atoms with E-state index in [0.717, 1.165) is 34.9 Å². The molecule has 0 spiro atoms. The van der Waals surface area contributed by atoms with Crippen LogP contribution in [0.5, 0.6) is 0 Å². The summed E-state index contributed by atoms with van der Waals surface area (Å²) in [6, 6.07) is 17.2. The van der Waals surface area contributed by atoms with E-state index in [9.17, 15) is 4.79 Å². The highest BCUT2D eigenvalue weighted by molar-refractivity contribution is 9.10. The third kappa shape index (κ3) is 4.04. The predicted molar refractivity (Wildman–Crippen MR) is 108 cm³/mol. The van der Waals surface area contributed by atoms with Crippen molar-refractivity contribution >= 4 is 26.8 Å². The van der Waals surface area contributed by atoms with Crippen molar-refractivity contribution in [2.75, 3.05) is 6.54 Å². The van der Waals surface area contributed by atoms with E-state index in [-0.39, 0.29) is 5.43 Å². The largest absolute Gasteiger partial charge is 0.333 e. The Morgan fingerprint density at radius 3 is 2.62 bits per heavy atom. The van der Waals surface area contributed by atoms with Gasteiger partial charge in [-0.05, 0) is 58.7 Å². The number of hydrogen-bond donors (Lipinski definition) is 0. The number of pyridine rings is 1. The minimum Gasteiger partial charge on any atom is -0.333 e. The molecule has 3 aromatic rings. The maximum atomic E-state index is 12.2. The second-order valence-corrected chi connectivity index (χ2v) is 7.14. The first-order chi connectivity index (χ1) is 12.6. The maximum absolute atomic E-state index is 12.2. The first-order valence-electron chi connectivity index (χ1n) is 8.61. The van der Waals surface area contributed by atoms with Gasteiger partial charge in [0, 0.05) is 28.7 Å². The van der Waals surface area contributed by atoms with Crippen LogP contribution in [0.2, 0.25) is 0 Å². The second-order valence-electron chi connectivity index (χ2n) is 6.29. The number of hydrogen-bond acceptors (Lipinski definition) is 3. The molecule has 5 heteroatoms. The summed E-state index contributed by atoms with van der Waals surface area (Å²) in [5.41, 5.74) is 2.79. The smallest absolute Gasteiger partial charge is 0.189 e. The molecule has 132 valence electrons. The molecule has 0 bridgehead atoms. The minimum absolute atomic E-state index is 0.0340.